The zero-order chi connectivity index (χ0) is 26.9. The van der Waals surface area contributed by atoms with Crippen LogP contribution in [0.2, 0.25) is 0 Å². The van der Waals surface area contributed by atoms with Crippen molar-refractivity contribution in [2.24, 2.45) is 11.0 Å². The molecule has 0 aliphatic carbocycles. The summed E-state index contributed by atoms with van der Waals surface area (Å²) in [6.45, 7) is 3.46. The van der Waals surface area contributed by atoms with Crippen LogP contribution in [-0.2, 0) is 40.6 Å². The Morgan fingerprint density at radius 3 is 1.39 bits per heavy atom. The van der Waals surface area contributed by atoms with Crippen molar-refractivity contribution in [3.8, 4) is 0 Å². The molecule has 9 nitrogen and oxygen atoms in total. The molecule has 2 aromatic carbocycles. The van der Waals surface area contributed by atoms with Crippen LogP contribution in [0.3, 0.4) is 0 Å². The van der Waals surface area contributed by atoms with Crippen LogP contribution in [0, 0.1) is 0 Å². The van der Waals surface area contributed by atoms with E-state index in [9.17, 15) is 23.5 Å². The second kappa shape index (κ2) is 13.7. The first-order valence-electron chi connectivity index (χ1n) is 11.8. The predicted molar refractivity (Wildman–Crippen MR) is 143 cm³/mol. The van der Waals surface area contributed by atoms with E-state index in [2.05, 4.69) is 0 Å². The van der Waals surface area contributed by atoms with Crippen LogP contribution in [0.1, 0.15) is 63.5 Å². The molecule has 0 amide bonds. The molecule has 0 heterocycles. The second-order valence-electron chi connectivity index (χ2n) is 9.27. The molecule has 0 aliphatic rings. The van der Waals surface area contributed by atoms with Crippen molar-refractivity contribution >= 4 is 26.7 Å². The Morgan fingerprint density at radius 2 is 1.08 bits per heavy atom. The first-order chi connectivity index (χ1) is 16.7. The maximum absolute atomic E-state index is 12.5. The van der Waals surface area contributed by atoms with E-state index in [4.69, 9.17) is 20.1 Å². The lowest BCUT2D eigenvalue weighted by Crippen LogP contribution is -2.27. The van der Waals surface area contributed by atoms with Gasteiger partial charge in [0.05, 0.1) is 0 Å². The Bertz CT molecular complexity index is 940. The Morgan fingerprint density at radius 1 is 0.750 bits per heavy atom. The van der Waals surface area contributed by atoms with Gasteiger partial charge < -0.3 is 14.3 Å². The first kappa shape index (κ1) is 31.2. The zero-order valence-electron chi connectivity index (χ0n) is 20.8. The van der Waals surface area contributed by atoms with Gasteiger partial charge in [-0.25, -0.2) is 20.1 Å². The van der Waals surface area contributed by atoms with E-state index in [1.165, 1.54) is 0 Å². The minimum atomic E-state index is -4.20. The van der Waals surface area contributed by atoms with Gasteiger partial charge in [-0.05, 0) is 63.5 Å². The molecule has 0 bridgehead atoms. The van der Waals surface area contributed by atoms with Gasteiger partial charge in [0.15, 0.2) is 0 Å². The summed E-state index contributed by atoms with van der Waals surface area (Å²) in [4.78, 5) is 19.2. The molecule has 0 fully saturated rings. The Labute approximate surface area is 216 Å². The van der Waals surface area contributed by atoms with Gasteiger partial charge in [0.2, 0.25) is 0 Å². The van der Waals surface area contributed by atoms with Crippen molar-refractivity contribution in [1.29, 1.82) is 0 Å². The fraction of sp³-hybridized carbons (Fsp3) is 0.500. The molecule has 2 rings (SSSR count). The highest BCUT2D eigenvalue weighted by Gasteiger charge is 2.35. The predicted octanol–water partition coefficient (Wildman–Crippen LogP) is 5.06. The van der Waals surface area contributed by atoms with Crippen LogP contribution in [-0.4, -0.2) is 25.8 Å². The van der Waals surface area contributed by atoms with Gasteiger partial charge in [-0.1, -0.05) is 71.8 Å². The van der Waals surface area contributed by atoms with Crippen molar-refractivity contribution in [2.45, 2.75) is 63.6 Å². The molecular weight excluding hydrogens is 522 g/mol. The fourth-order valence-electron chi connectivity index (χ4n) is 4.20. The highest BCUT2D eigenvalue weighted by Crippen LogP contribution is 2.46. The van der Waals surface area contributed by atoms with Gasteiger partial charge in [-0.3, -0.25) is 9.05 Å². The lowest BCUT2D eigenvalue weighted by Gasteiger charge is -2.31. The molecule has 0 spiro atoms. The molecule has 4 atom stereocenters. The third-order valence-electron chi connectivity index (χ3n) is 5.99. The van der Waals surface area contributed by atoms with E-state index < -0.39 is 37.9 Å². The fourth-order valence-corrected chi connectivity index (χ4v) is 7.00. The standard InChI is InChI=1S/C24H38N2O7P2S/c1-23(32-34(25,27)28,21-13-5-3-6-14-21)17-9-11-19-36(31)20-12-10-18-24(2,33-35(26,29)30)22-15-7-4-8-16-22/h3-8,13-16H,9-12,17-20H2,1-2H3,(H3,25,27,28)(H3,26,29,30). The summed E-state index contributed by atoms with van der Waals surface area (Å²) in [5.41, 5.74) is 9.99. The van der Waals surface area contributed by atoms with Crippen molar-refractivity contribution in [3.05, 3.63) is 71.8 Å². The Balaban J connectivity index is 1.81. The van der Waals surface area contributed by atoms with E-state index in [1.807, 2.05) is 60.7 Å². The first-order valence-corrected chi connectivity index (χ1v) is 16.6. The molecular formula is C24H38N2O7P2S. The largest absolute Gasteiger partial charge is 0.616 e. The summed E-state index contributed by atoms with van der Waals surface area (Å²) in [5.74, 6) is 0.983. The number of hydrogen-bond donors (Lipinski definition) is 4. The molecule has 0 saturated heterocycles. The molecule has 202 valence electrons. The maximum Gasteiger partial charge on any atom is 0.401 e. The number of benzene rings is 2. The normalized spacial score (nSPS) is 19.4. The van der Waals surface area contributed by atoms with Gasteiger partial charge in [-0.15, -0.1) is 0 Å². The minimum Gasteiger partial charge on any atom is -0.616 e. The van der Waals surface area contributed by atoms with Gasteiger partial charge >= 0.3 is 15.5 Å². The molecule has 6 N–H and O–H groups in total. The average molecular weight is 561 g/mol. The van der Waals surface area contributed by atoms with Crippen molar-refractivity contribution in [3.63, 3.8) is 0 Å². The Hall–Kier alpha value is -1.03. The lowest BCUT2D eigenvalue weighted by molar-refractivity contribution is 0.0596. The number of nitrogens with two attached hydrogens (primary N) is 2. The Kier molecular flexibility index (Phi) is 11.8. The molecule has 0 saturated carbocycles. The number of rotatable bonds is 16. The summed E-state index contributed by atoms with van der Waals surface area (Å²) in [5, 5.41) is 0. The molecule has 36 heavy (non-hydrogen) atoms. The van der Waals surface area contributed by atoms with E-state index in [1.54, 1.807) is 13.8 Å². The van der Waals surface area contributed by atoms with E-state index in [-0.39, 0.29) is 0 Å². The number of hydrogen-bond acceptors (Lipinski definition) is 5. The SMILES string of the molecule is CC(CCCC[S+]([O-])CCCCC(C)(OP(N)(=O)O)c1ccccc1)(OP(N)(=O)O)c1ccccc1. The molecule has 0 radical (unpaired) electrons. The van der Waals surface area contributed by atoms with Crippen LogP contribution < -0.4 is 11.0 Å². The maximum atomic E-state index is 12.5. The molecule has 2 aromatic rings. The van der Waals surface area contributed by atoms with Gasteiger partial charge in [0.1, 0.15) is 22.7 Å². The monoisotopic (exact) mass is 560 g/mol. The highest BCUT2D eigenvalue weighted by molar-refractivity contribution is 7.91. The molecule has 0 aliphatic heterocycles. The van der Waals surface area contributed by atoms with Crippen LogP contribution in [0.5, 0.6) is 0 Å². The quantitative estimate of drug-likeness (QED) is 0.125. The van der Waals surface area contributed by atoms with E-state index in [0.717, 1.165) is 11.1 Å². The van der Waals surface area contributed by atoms with Crippen LogP contribution in [0.4, 0.5) is 0 Å². The third-order valence-corrected chi connectivity index (χ3v) is 8.80. The topological polar surface area (TPSA) is 168 Å². The summed E-state index contributed by atoms with van der Waals surface area (Å²) in [7, 11) is -8.40. The molecule has 0 aromatic heterocycles. The zero-order valence-corrected chi connectivity index (χ0v) is 23.4. The summed E-state index contributed by atoms with van der Waals surface area (Å²) in [6, 6.07) is 18.3. The van der Waals surface area contributed by atoms with Gasteiger partial charge in [0.25, 0.3) is 0 Å². The second-order valence-corrected chi connectivity index (χ2v) is 13.6. The van der Waals surface area contributed by atoms with Gasteiger partial charge in [0, 0.05) is 0 Å². The van der Waals surface area contributed by atoms with Crippen LogP contribution >= 0.6 is 15.5 Å². The highest BCUT2D eigenvalue weighted by atomic mass is 32.2. The van der Waals surface area contributed by atoms with Crippen LogP contribution in [0.25, 0.3) is 0 Å². The third kappa shape index (κ3) is 11.2. The van der Waals surface area contributed by atoms with Crippen molar-refractivity contribution in [2.75, 3.05) is 11.5 Å². The summed E-state index contributed by atoms with van der Waals surface area (Å²) < 4.78 is 46.7. The van der Waals surface area contributed by atoms with E-state index in [0.29, 0.717) is 50.0 Å². The van der Waals surface area contributed by atoms with Gasteiger partial charge in [-0.2, -0.15) is 0 Å². The molecule has 4 unspecified atom stereocenters. The van der Waals surface area contributed by atoms with Crippen molar-refractivity contribution < 1.29 is 32.5 Å². The van der Waals surface area contributed by atoms with Crippen molar-refractivity contribution in [1.82, 2.24) is 0 Å². The molecule has 12 heteroatoms. The summed E-state index contributed by atoms with van der Waals surface area (Å²) in [6.07, 6.45) is 3.49. The minimum absolute atomic E-state index is 0.447. The smallest absolute Gasteiger partial charge is 0.401 e. The lowest BCUT2D eigenvalue weighted by atomic mass is 9.91. The van der Waals surface area contributed by atoms with Crippen LogP contribution in [0.15, 0.2) is 60.7 Å². The van der Waals surface area contributed by atoms with E-state index >= 15 is 0 Å². The summed E-state index contributed by atoms with van der Waals surface area (Å²) >= 11 is -1.04. The average Bonchev–Trinajstić information content (AvgIpc) is 2.79. The number of unbranched alkanes of at least 4 members (excludes halogenated alkanes) is 2.